The molecule has 0 saturated heterocycles. The largest absolute Gasteiger partial charge is 0.433 e. The fourth-order valence-corrected chi connectivity index (χ4v) is 2.38. The van der Waals surface area contributed by atoms with Crippen molar-refractivity contribution in [2.45, 2.75) is 33.0 Å². The molecule has 0 amide bonds. The topological polar surface area (TPSA) is 50.7 Å². The molecule has 2 aromatic rings. The number of halogens is 3. The third-order valence-electron chi connectivity index (χ3n) is 2.50. The molecule has 4 nitrogen and oxygen atoms in total. The fourth-order valence-electron chi connectivity index (χ4n) is 1.61. The average molecular weight is 302 g/mol. The molecule has 1 N–H and O–H groups in total. The highest BCUT2D eigenvalue weighted by Gasteiger charge is 2.33. The Bertz CT molecular complexity index is 609. The smallest absolute Gasteiger partial charge is 0.345 e. The second kappa shape index (κ2) is 5.35. The van der Waals surface area contributed by atoms with Crippen LogP contribution in [-0.2, 0) is 6.18 Å². The van der Waals surface area contributed by atoms with Gasteiger partial charge in [-0.2, -0.15) is 13.2 Å². The molecule has 0 spiro atoms. The molecule has 0 aromatic carbocycles. The second-order valence-electron chi connectivity index (χ2n) is 4.39. The van der Waals surface area contributed by atoms with E-state index in [4.69, 9.17) is 0 Å². The lowest BCUT2D eigenvalue weighted by Crippen LogP contribution is -2.14. The minimum atomic E-state index is -4.48. The Labute approximate surface area is 118 Å². The first-order valence-corrected chi connectivity index (χ1v) is 6.69. The molecular formula is C12H13F3N4S. The van der Waals surface area contributed by atoms with Gasteiger partial charge in [-0.05, 0) is 26.8 Å². The van der Waals surface area contributed by atoms with Crippen molar-refractivity contribution in [2.24, 2.45) is 0 Å². The molecule has 0 aliphatic rings. The summed E-state index contributed by atoms with van der Waals surface area (Å²) in [5.74, 6) is -0.0438. The number of thiazole rings is 1. The predicted octanol–water partition coefficient (Wildman–Crippen LogP) is 3.74. The van der Waals surface area contributed by atoms with Crippen molar-refractivity contribution in [3.05, 3.63) is 33.5 Å². The van der Waals surface area contributed by atoms with Crippen molar-refractivity contribution in [3.8, 4) is 0 Å². The Morgan fingerprint density at radius 1 is 1.25 bits per heavy atom. The number of nitrogens with zero attached hydrogens (tertiary/aromatic N) is 3. The van der Waals surface area contributed by atoms with Crippen LogP contribution in [0.2, 0.25) is 0 Å². The van der Waals surface area contributed by atoms with E-state index in [9.17, 15) is 13.2 Å². The minimum Gasteiger partial charge on any atom is -0.345 e. The van der Waals surface area contributed by atoms with Gasteiger partial charge in [0.1, 0.15) is 10.7 Å². The van der Waals surface area contributed by atoms with Crippen LogP contribution in [0.3, 0.4) is 0 Å². The maximum Gasteiger partial charge on any atom is 0.433 e. The lowest BCUT2D eigenvalue weighted by atomic mass is 10.3. The van der Waals surface area contributed by atoms with E-state index in [2.05, 4.69) is 20.3 Å². The number of alkyl halides is 3. The first-order chi connectivity index (χ1) is 9.25. The van der Waals surface area contributed by atoms with Crippen molar-refractivity contribution in [1.29, 1.82) is 0 Å². The highest BCUT2D eigenvalue weighted by molar-refractivity contribution is 7.11. The van der Waals surface area contributed by atoms with Crippen molar-refractivity contribution in [3.63, 3.8) is 0 Å². The van der Waals surface area contributed by atoms with E-state index >= 15 is 0 Å². The molecule has 0 aliphatic carbocycles. The maximum absolute atomic E-state index is 12.7. The van der Waals surface area contributed by atoms with Gasteiger partial charge in [0.2, 0.25) is 5.95 Å². The quantitative estimate of drug-likeness (QED) is 0.938. The van der Waals surface area contributed by atoms with Gasteiger partial charge in [-0.25, -0.2) is 15.0 Å². The molecule has 1 unspecified atom stereocenters. The van der Waals surface area contributed by atoms with Gasteiger partial charge in [-0.1, -0.05) is 0 Å². The molecule has 2 heterocycles. The molecule has 108 valence electrons. The summed E-state index contributed by atoms with van der Waals surface area (Å²) in [6, 6.07) is 0.667. The van der Waals surface area contributed by atoms with E-state index in [1.807, 2.05) is 6.92 Å². The maximum atomic E-state index is 12.7. The zero-order chi connectivity index (χ0) is 14.9. The Kier molecular flexibility index (Phi) is 3.94. The van der Waals surface area contributed by atoms with Crippen molar-refractivity contribution >= 4 is 17.3 Å². The standard InChI is InChI=1S/C12H13F3N4S/c1-6-4-9(12(13,14)15)19-11(17-6)18-8(3)10-16-5-7(2)20-10/h4-5,8H,1-3H3,(H,17,18,19). The van der Waals surface area contributed by atoms with Crippen LogP contribution in [0.5, 0.6) is 0 Å². The Morgan fingerprint density at radius 3 is 2.50 bits per heavy atom. The number of rotatable bonds is 3. The lowest BCUT2D eigenvalue weighted by molar-refractivity contribution is -0.141. The Hall–Kier alpha value is -1.70. The van der Waals surface area contributed by atoms with Crippen LogP contribution >= 0.6 is 11.3 Å². The summed E-state index contributed by atoms with van der Waals surface area (Å²) >= 11 is 1.48. The number of aryl methyl sites for hydroxylation is 2. The fraction of sp³-hybridized carbons (Fsp3) is 0.417. The number of nitrogens with one attached hydrogen (secondary N) is 1. The summed E-state index contributed by atoms with van der Waals surface area (Å²) in [4.78, 5) is 12.7. The van der Waals surface area contributed by atoms with Gasteiger partial charge in [-0.3, -0.25) is 0 Å². The van der Waals surface area contributed by atoms with E-state index in [0.717, 1.165) is 16.0 Å². The van der Waals surface area contributed by atoms with Crippen LogP contribution in [0.4, 0.5) is 19.1 Å². The van der Waals surface area contributed by atoms with E-state index in [1.165, 1.54) is 18.3 Å². The molecular weight excluding hydrogens is 289 g/mol. The number of anilines is 1. The molecule has 0 radical (unpaired) electrons. The van der Waals surface area contributed by atoms with Crippen LogP contribution in [-0.4, -0.2) is 15.0 Å². The summed E-state index contributed by atoms with van der Waals surface area (Å²) in [6.07, 6.45) is -2.76. The highest BCUT2D eigenvalue weighted by Crippen LogP contribution is 2.29. The van der Waals surface area contributed by atoms with Gasteiger partial charge < -0.3 is 5.32 Å². The monoisotopic (exact) mass is 302 g/mol. The summed E-state index contributed by atoms with van der Waals surface area (Å²) in [6.45, 7) is 5.22. The number of hydrogen-bond donors (Lipinski definition) is 1. The zero-order valence-electron chi connectivity index (χ0n) is 11.1. The van der Waals surface area contributed by atoms with E-state index in [0.29, 0.717) is 0 Å². The molecule has 8 heteroatoms. The van der Waals surface area contributed by atoms with Crippen LogP contribution in [0.1, 0.15) is 34.2 Å². The van der Waals surface area contributed by atoms with Gasteiger partial charge in [0.25, 0.3) is 0 Å². The van der Waals surface area contributed by atoms with E-state index < -0.39 is 11.9 Å². The van der Waals surface area contributed by atoms with E-state index in [1.54, 1.807) is 13.1 Å². The van der Waals surface area contributed by atoms with Crippen LogP contribution in [0, 0.1) is 13.8 Å². The summed E-state index contributed by atoms with van der Waals surface area (Å²) in [7, 11) is 0. The third kappa shape index (κ3) is 3.44. The lowest BCUT2D eigenvalue weighted by Gasteiger charge is -2.13. The van der Waals surface area contributed by atoms with Gasteiger partial charge >= 0.3 is 6.18 Å². The molecule has 1 atom stereocenters. The van der Waals surface area contributed by atoms with Gasteiger partial charge in [0.15, 0.2) is 0 Å². The minimum absolute atomic E-state index is 0.0438. The second-order valence-corrected chi connectivity index (χ2v) is 5.66. The highest BCUT2D eigenvalue weighted by atomic mass is 32.1. The number of aromatic nitrogens is 3. The SMILES string of the molecule is Cc1cc(C(F)(F)F)nc(NC(C)c2ncc(C)s2)n1. The number of hydrogen-bond acceptors (Lipinski definition) is 5. The average Bonchev–Trinajstić information content (AvgIpc) is 2.74. The predicted molar refractivity (Wildman–Crippen MR) is 70.7 cm³/mol. The van der Waals surface area contributed by atoms with Gasteiger partial charge in [0, 0.05) is 16.8 Å². The van der Waals surface area contributed by atoms with Crippen molar-refractivity contribution < 1.29 is 13.2 Å². The molecule has 2 rings (SSSR count). The normalized spacial score (nSPS) is 13.3. The van der Waals surface area contributed by atoms with Crippen LogP contribution in [0.15, 0.2) is 12.3 Å². The first kappa shape index (κ1) is 14.7. The molecule has 20 heavy (non-hydrogen) atoms. The van der Waals surface area contributed by atoms with Gasteiger partial charge in [0.05, 0.1) is 6.04 Å². The van der Waals surface area contributed by atoms with Crippen LogP contribution in [0.25, 0.3) is 0 Å². The summed E-state index contributed by atoms with van der Waals surface area (Å²) in [5.41, 5.74) is -0.688. The molecule has 0 fully saturated rings. The van der Waals surface area contributed by atoms with Crippen molar-refractivity contribution in [2.75, 3.05) is 5.32 Å². The Morgan fingerprint density at radius 2 is 1.95 bits per heavy atom. The van der Waals surface area contributed by atoms with Crippen LogP contribution < -0.4 is 5.32 Å². The first-order valence-electron chi connectivity index (χ1n) is 5.87. The molecule has 0 bridgehead atoms. The summed E-state index contributed by atoms with van der Waals surface area (Å²) in [5, 5.41) is 3.63. The summed E-state index contributed by atoms with van der Waals surface area (Å²) < 4.78 is 38.0. The molecule has 0 saturated carbocycles. The zero-order valence-corrected chi connectivity index (χ0v) is 11.9. The third-order valence-corrected chi connectivity index (χ3v) is 3.60. The van der Waals surface area contributed by atoms with E-state index in [-0.39, 0.29) is 17.7 Å². The van der Waals surface area contributed by atoms with Crippen molar-refractivity contribution in [1.82, 2.24) is 15.0 Å². The molecule has 0 aliphatic heterocycles. The van der Waals surface area contributed by atoms with Gasteiger partial charge in [-0.15, -0.1) is 11.3 Å². The molecule has 2 aromatic heterocycles. The Balaban J connectivity index is 2.23.